The molecule has 1 aromatic carbocycles. The minimum absolute atomic E-state index is 0. The van der Waals surface area contributed by atoms with Crippen LogP contribution in [0.4, 0.5) is 0 Å². The second-order valence-electron chi connectivity index (χ2n) is 2.94. The van der Waals surface area contributed by atoms with Gasteiger partial charge in [0.2, 0.25) is 0 Å². The fraction of sp³-hybridized carbons (Fsp3) is 0.300. The number of benzene rings is 1. The second-order valence-corrected chi connectivity index (χ2v) is 2.94. The van der Waals surface area contributed by atoms with Crippen LogP contribution in [0.2, 0.25) is 0 Å². The average molecular weight is 260 g/mol. The molecule has 1 rings (SSSR count). The SMILES string of the molecule is Br.NCC(CC(=O)O)c1ccccc1. The molecule has 0 bridgehead atoms. The maximum Gasteiger partial charge on any atom is 0.304 e. The smallest absolute Gasteiger partial charge is 0.304 e. The van der Waals surface area contributed by atoms with Crippen LogP contribution in [0.15, 0.2) is 30.3 Å². The summed E-state index contributed by atoms with van der Waals surface area (Å²) < 4.78 is 0. The quantitative estimate of drug-likeness (QED) is 0.867. The molecule has 0 aromatic heterocycles. The van der Waals surface area contributed by atoms with E-state index in [0.717, 1.165) is 5.56 Å². The van der Waals surface area contributed by atoms with E-state index in [1.54, 1.807) is 0 Å². The molecule has 0 aliphatic carbocycles. The highest BCUT2D eigenvalue weighted by atomic mass is 79.9. The van der Waals surface area contributed by atoms with E-state index in [4.69, 9.17) is 10.8 Å². The van der Waals surface area contributed by atoms with Crippen molar-refractivity contribution in [3.63, 3.8) is 0 Å². The van der Waals surface area contributed by atoms with Gasteiger partial charge >= 0.3 is 5.97 Å². The number of hydrogen-bond acceptors (Lipinski definition) is 2. The van der Waals surface area contributed by atoms with E-state index >= 15 is 0 Å². The van der Waals surface area contributed by atoms with Gasteiger partial charge < -0.3 is 10.8 Å². The van der Waals surface area contributed by atoms with Crippen molar-refractivity contribution in [2.45, 2.75) is 12.3 Å². The van der Waals surface area contributed by atoms with Crippen LogP contribution < -0.4 is 5.73 Å². The largest absolute Gasteiger partial charge is 0.481 e. The first-order valence-corrected chi connectivity index (χ1v) is 4.21. The number of halogens is 1. The molecule has 0 spiro atoms. The Balaban J connectivity index is 0.00000169. The van der Waals surface area contributed by atoms with Crippen molar-refractivity contribution in [1.29, 1.82) is 0 Å². The van der Waals surface area contributed by atoms with Crippen LogP contribution in [0.1, 0.15) is 17.9 Å². The Morgan fingerprint density at radius 3 is 2.36 bits per heavy atom. The van der Waals surface area contributed by atoms with E-state index in [0.29, 0.717) is 6.54 Å². The van der Waals surface area contributed by atoms with Crippen molar-refractivity contribution >= 4 is 23.0 Å². The highest BCUT2D eigenvalue weighted by molar-refractivity contribution is 8.93. The molecule has 0 radical (unpaired) electrons. The van der Waals surface area contributed by atoms with Crippen LogP contribution in [-0.2, 0) is 4.79 Å². The third kappa shape index (κ3) is 3.89. The summed E-state index contributed by atoms with van der Waals surface area (Å²) in [6, 6.07) is 9.48. The van der Waals surface area contributed by atoms with E-state index < -0.39 is 5.97 Å². The number of carboxylic acids is 1. The molecule has 0 saturated heterocycles. The molecule has 3 N–H and O–H groups in total. The van der Waals surface area contributed by atoms with Gasteiger partial charge in [0.05, 0.1) is 6.42 Å². The zero-order valence-corrected chi connectivity index (χ0v) is 9.43. The topological polar surface area (TPSA) is 63.3 Å². The van der Waals surface area contributed by atoms with Crippen molar-refractivity contribution in [1.82, 2.24) is 0 Å². The molecule has 1 unspecified atom stereocenters. The molecule has 0 aliphatic heterocycles. The highest BCUT2D eigenvalue weighted by Crippen LogP contribution is 2.17. The molecule has 78 valence electrons. The molecule has 0 saturated carbocycles. The van der Waals surface area contributed by atoms with Gasteiger partial charge in [-0.1, -0.05) is 30.3 Å². The lowest BCUT2D eigenvalue weighted by molar-refractivity contribution is -0.137. The van der Waals surface area contributed by atoms with Gasteiger partial charge in [0.25, 0.3) is 0 Å². The Labute approximate surface area is 93.7 Å². The van der Waals surface area contributed by atoms with Crippen molar-refractivity contribution in [2.75, 3.05) is 6.54 Å². The Kier molecular flexibility index (Phi) is 6.16. The number of nitrogens with two attached hydrogens (primary N) is 1. The van der Waals surface area contributed by atoms with Crippen molar-refractivity contribution < 1.29 is 9.90 Å². The van der Waals surface area contributed by atoms with Crippen LogP contribution in [0, 0.1) is 0 Å². The van der Waals surface area contributed by atoms with Crippen LogP contribution in [0.3, 0.4) is 0 Å². The Morgan fingerprint density at radius 1 is 1.36 bits per heavy atom. The monoisotopic (exact) mass is 259 g/mol. The summed E-state index contributed by atoms with van der Waals surface area (Å²) in [6.07, 6.45) is 0.0977. The Bertz CT molecular complexity index is 277. The predicted molar refractivity (Wildman–Crippen MR) is 60.8 cm³/mol. The zero-order valence-electron chi connectivity index (χ0n) is 7.72. The van der Waals surface area contributed by atoms with E-state index in [-0.39, 0.29) is 29.3 Å². The molecule has 1 aromatic rings. The lowest BCUT2D eigenvalue weighted by Gasteiger charge is -2.11. The van der Waals surface area contributed by atoms with Gasteiger partial charge in [-0.05, 0) is 12.1 Å². The first kappa shape index (κ1) is 13.1. The summed E-state index contributed by atoms with van der Waals surface area (Å²) in [6.45, 7) is 0.371. The van der Waals surface area contributed by atoms with Gasteiger partial charge in [-0.25, -0.2) is 0 Å². The molecule has 0 heterocycles. The standard InChI is InChI=1S/C10H13NO2.BrH/c11-7-9(6-10(12)13)8-4-2-1-3-5-8;/h1-5,9H,6-7,11H2,(H,12,13);1H. The van der Waals surface area contributed by atoms with Gasteiger partial charge in [0.1, 0.15) is 0 Å². The fourth-order valence-corrected chi connectivity index (χ4v) is 1.27. The van der Waals surface area contributed by atoms with Crippen LogP contribution in [0.5, 0.6) is 0 Å². The van der Waals surface area contributed by atoms with E-state index in [9.17, 15) is 4.79 Å². The third-order valence-electron chi connectivity index (χ3n) is 1.98. The molecule has 0 fully saturated rings. The number of carboxylic acid groups (broad SMARTS) is 1. The third-order valence-corrected chi connectivity index (χ3v) is 1.98. The van der Waals surface area contributed by atoms with E-state index in [1.807, 2.05) is 30.3 Å². The maximum atomic E-state index is 10.5. The molecule has 14 heavy (non-hydrogen) atoms. The number of hydrogen-bond donors (Lipinski definition) is 2. The van der Waals surface area contributed by atoms with Crippen LogP contribution in [0.25, 0.3) is 0 Å². The number of carbonyl (C=O) groups is 1. The molecule has 0 aliphatic rings. The van der Waals surface area contributed by atoms with Crippen LogP contribution >= 0.6 is 17.0 Å². The summed E-state index contributed by atoms with van der Waals surface area (Å²) >= 11 is 0. The van der Waals surface area contributed by atoms with Crippen molar-refractivity contribution in [3.05, 3.63) is 35.9 Å². The van der Waals surface area contributed by atoms with Gasteiger partial charge in [-0.15, -0.1) is 17.0 Å². The Morgan fingerprint density at radius 2 is 1.93 bits per heavy atom. The summed E-state index contributed by atoms with van der Waals surface area (Å²) in [5, 5.41) is 8.62. The Hall–Kier alpha value is -0.870. The van der Waals surface area contributed by atoms with Gasteiger partial charge in [-0.3, -0.25) is 4.79 Å². The average Bonchev–Trinajstić information content (AvgIpc) is 2.15. The minimum Gasteiger partial charge on any atom is -0.481 e. The molecule has 4 heteroatoms. The first-order valence-electron chi connectivity index (χ1n) is 4.21. The van der Waals surface area contributed by atoms with E-state index in [2.05, 4.69) is 0 Å². The van der Waals surface area contributed by atoms with Crippen LogP contribution in [-0.4, -0.2) is 17.6 Å². The summed E-state index contributed by atoms with van der Waals surface area (Å²) in [4.78, 5) is 10.5. The molecule has 1 atom stereocenters. The lowest BCUT2D eigenvalue weighted by atomic mass is 9.96. The fourth-order valence-electron chi connectivity index (χ4n) is 1.27. The van der Waals surface area contributed by atoms with Gasteiger partial charge in [0.15, 0.2) is 0 Å². The second kappa shape index (κ2) is 6.56. The van der Waals surface area contributed by atoms with Gasteiger partial charge in [0, 0.05) is 5.92 Å². The summed E-state index contributed by atoms with van der Waals surface area (Å²) in [5.74, 6) is -0.877. The molecule has 3 nitrogen and oxygen atoms in total. The first-order chi connectivity index (χ1) is 6.24. The number of rotatable bonds is 4. The summed E-state index contributed by atoms with van der Waals surface area (Å²) in [7, 11) is 0. The van der Waals surface area contributed by atoms with Crippen molar-refractivity contribution in [2.24, 2.45) is 5.73 Å². The molecular weight excluding hydrogens is 246 g/mol. The highest BCUT2D eigenvalue weighted by Gasteiger charge is 2.12. The van der Waals surface area contributed by atoms with E-state index in [1.165, 1.54) is 0 Å². The zero-order chi connectivity index (χ0) is 9.68. The number of aliphatic carboxylic acids is 1. The predicted octanol–water partition coefficient (Wildman–Crippen LogP) is 1.78. The summed E-state index contributed by atoms with van der Waals surface area (Å²) in [5.41, 5.74) is 6.48. The van der Waals surface area contributed by atoms with Gasteiger partial charge in [-0.2, -0.15) is 0 Å². The molecular formula is C10H14BrNO2. The minimum atomic E-state index is -0.806. The normalized spacial score (nSPS) is 11.5. The maximum absolute atomic E-state index is 10.5. The molecule has 0 amide bonds. The van der Waals surface area contributed by atoms with Crippen molar-refractivity contribution in [3.8, 4) is 0 Å². The lowest BCUT2D eigenvalue weighted by Crippen LogP contribution is -2.16.